The Hall–Kier alpha value is -1.72. The van der Waals surface area contributed by atoms with E-state index in [9.17, 15) is 9.59 Å². The predicted molar refractivity (Wildman–Crippen MR) is 101 cm³/mol. The summed E-state index contributed by atoms with van der Waals surface area (Å²) in [5.41, 5.74) is 6.56. The highest BCUT2D eigenvalue weighted by molar-refractivity contribution is 6.21. The number of hydrogen-bond donors (Lipinski definition) is 2. The van der Waals surface area contributed by atoms with E-state index in [1.54, 1.807) is 24.3 Å². The molecule has 2 rings (SSSR count). The molecule has 0 saturated heterocycles. The summed E-state index contributed by atoms with van der Waals surface area (Å²) < 4.78 is 0. The second-order valence-electron chi connectivity index (χ2n) is 6.67. The van der Waals surface area contributed by atoms with Crippen LogP contribution < -0.4 is 11.1 Å². The minimum atomic E-state index is -0.142. The van der Waals surface area contributed by atoms with Gasteiger partial charge in [0.25, 0.3) is 11.8 Å². The van der Waals surface area contributed by atoms with Crippen LogP contribution in [0.4, 0.5) is 0 Å². The zero-order valence-electron chi connectivity index (χ0n) is 15.1. The summed E-state index contributed by atoms with van der Waals surface area (Å²) in [6, 6.07) is 7.08. The molecule has 0 bridgehead atoms. The topological polar surface area (TPSA) is 75.4 Å². The largest absolute Gasteiger partial charge is 0.330 e. The maximum atomic E-state index is 12.2. The molecule has 0 spiro atoms. The molecule has 5 heteroatoms. The maximum absolute atomic E-state index is 12.2. The van der Waals surface area contributed by atoms with E-state index in [2.05, 4.69) is 5.32 Å². The molecule has 1 aliphatic rings. The molecule has 0 atom stereocenters. The van der Waals surface area contributed by atoms with Crippen LogP contribution in [0.3, 0.4) is 0 Å². The number of hydrogen-bond acceptors (Lipinski definition) is 4. The van der Waals surface area contributed by atoms with Crippen molar-refractivity contribution in [3.8, 4) is 0 Å². The smallest absolute Gasteiger partial charge is 0.261 e. The number of unbranched alkanes of at least 4 members (excludes halogenated alkanes) is 6. The van der Waals surface area contributed by atoms with Crippen molar-refractivity contribution in [3.05, 3.63) is 35.4 Å². The van der Waals surface area contributed by atoms with Gasteiger partial charge in [0, 0.05) is 6.54 Å². The number of nitrogens with two attached hydrogens (primary N) is 1. The molecule has 0 aliphatic carbocycles. The van der Waals surface area contributed by atoms with E-state index in [-0.39, 0.29) is 11.8 Å². The van der Waals surface area contributed by atoms with E-state index in [1.165, 1.54) is 24.2 Å². The van der Waals surface area contributed by atoms with Gasteiger partial charge in [-0.1, -0.05) is 37.8 Å². The van der Waals surface area contributed by atoms with Crippen LogP contribution in [0, 0.1) is 0 Å². The standard InChI is InChI=1S/C20H31N3O2/c21-13-7-1-2-8-14-22-15-9-3-4-10-16-23-19(24)17-11-5-6-12-18(17)20(23)25/h5-6,11-12,22H,1-4,7-10,13-16,21H2. The van der Waals surface area contributed by atoms with E-state index >= 15 is 0 Å². The first-order valence-electron chi connectivity index (χ1n) is 9.61. The molecule has 0 saturated carbocycles. The minimum absolute atomic E-state index is 0.142. The Morgan fingerprint density at radius 1 is 0.760 bits per heavy atom. The highest BCUT2D eigenvalue weighted by atomic mass is 16.2. The lowest BCUT2D eigenvalue weighted by atomic mass is 10.1. The highest BCUT2D eigenvalue weighted by Crippen LogP contribution is 2.22. The van der Waals surface area contributed by atoms with Gasteiger partial charge in [0.2, 0.25) is 0 Å². The second kappa shape index (κ2) is 11.0. The van der Waals surface area contributed by atoms with Gasteiger partial charge < -0.3 is 11.1 Å². The SMILES string of the molecule is NCCCCCCNCCCCCCN1C(=O)c2ccccc2C1=O. The highest BCUT2D eigenvalue weighted by Gasteiger charge is 2.34. The van der Waals surface area contributed by atoms with E-state index < -0.39 is 0 Å². The number of fused-ring (bicyclic) bond motifs is 1. The number of amides is 2. The third-order valence-electron chi connectivity index (χ3n) is 4.67. The maximum Gasteiger partial charge on any atom is 0.261 e. The molecular formula is C20H31N3O2. The van der Waals surface area contributed by atoms with Crippen molar-refractivity contribution in [2.75, 3.05) is 26.2 Å². The average Bonchev–Trinajstić information content (AvgIpc) is 2.87. The molecule has 0 radical (unpaired) electrons. The lowest BCUT2D eigenvalue weighted by Gasteiger charge is -2.13. The number of imide groups is 1. The van der Waals surface area contributed by atoms with E-state index in [1.807, 2.05) is 0 Å². The van der Waals surface area contributed by atoms with Gasteiger partial charge in [0.15, 0.2) is 0 Å². The zero-order chi connectivity index (χ0) is 17.9. The third kappa shape index (κ3) is 5.94. The number of benzene rings is 1. The van der Waals surface area contributed by atoms with Gasteiger partial charge in [-0.15, -0.1) is 0 Å². The number of carbonyl (C=O) groups excluding carboxylic acids is 2. The summed E-state index contributed by atoms with van der Waals surface area (Å²) in [7, 11) is 0. The Morgan fingerprint density at radius 3 is 1.84 bits per heavy atom. The Labute approximate surface area is 151 Å². The van der Waals surface area contributed by atoms with Gasteiger partial charge in [-0.05, 0) is 57.5 Å². The summed E-state index contributed by atoms with van der Waals surface area (Å²) >= 11 is 0. The summed E-state index contributed by atoms with van der Waals surface area (Å²) in [6.45, 7) is 3.46. The van der Waals surface area contributed by atoms with Gasteiger partial charge in [-0.3, -0.25) is 14.5 Å². The Kier molecular flexibility index (Phi) is 8.63. The monoisotopic (exact) mass is 345 g/mol. The molecule has 1 aromatic carbocycles. The fourth-order valence-corrected chi connectivity index (χ4v) is 3.19. The van der Waals surface area contributed by atoms with Crippen molar-refractivity contribution in [1.29, 1.82) is 0 Å². The molecule has 138 valence electrons. The van der Waals surface area contributed by atoms with Crippen LogP contribution in [-0.2, 0) is 0 Å². The summed E-state index contributed by atoms with van der Waals surface area (Å²) in [5.74, 6) is -0.284. The normalized spacial score (nSPS) is 13.6. The van der Waals surface area contributed by atoms with E-state index in [4.69, 9.17) is 5.73 Å². The van der Waals surface area contributed by atoms with Crippen LogP contribution in [0.25, 0.3) is 0 Å². The first-order valence-corrected chi connectivity index (χ1v) is 9.61. The Morgan fingerprint density at radius 2 is 1.28 bits per heavy atom. The lowest BCUT2D eigenvalue weighted by molar-refractivity contribution is 0.0651. The van der Waals surface area contributed by atoms with Crippen LogP contribution in [0.2, 0.25) is 0 Å². The van der Waals surface area contributed by atoms with Gasteiger partial charge in [0.1, 0.15) is 0 Å². The Balaban J connectivity index is 1.49. The molecule has 5 nitrogen and oxygen atoms in total. The summed E-state index contributed by atoms with van der Waals surface area (Å²) in [6.07, 6.45) is 9.04. The van der Waals surface area contributed by atoms with Crippen LogP contribution >= 0.6 is 0 Å². The molecule has 1 aromatic rings. The van der Waals surface area contributed by atoms with Gasteiger partial charge >= 0.3 is 0 Å². The van der Waals surface area contributed by atoms with Gasteiger partial charge in [-0.25, -0.2) is 0 Å². The predicted octanol–water partition coefficient (Wildman–Crippen LogP) is 2.95. The number of carbonyl (C=O) groups is 2. The lowest BCUT2D eigenvalue weighted by Crippen LogP contribution is -2.30. The van der Waals surface area contributed by atoms with Crippen LogP contribution in [0.1, 0.15) is 72.1 Å². The molecule has 2 amide bonds. The average molecular weight is 345 g/mol. The fourth-order valence-electron chi connectivity index (χ4n) is 3.19. The molecule has 0 aromatic heterocycles. The third-order valence-corrected chi connectivity index (χ3v) is 4.67. The summed E-state index contributed by atoms with van der Waals surface area (Å²) in [4.78, 5) is 25.8. The first kappa shape index (κ1) is 19.6. The molecule has 0 unspecified atom stereocenters. The van der Waals surface area contributed by atoms with E-state index in [0.717, 1.165) is 51.7 Å². The molecule has 25 heavy (non-hydrogen) atoms. The molecule has 1 aliphatic heterocycles. The van der Waals surface area contributed by atoms with Gasteiger partial charge in [-0.2, -0.15) is 0 Å². The second-order valence-corrected chi connectivity index (χ2v) is 6.67. The van der Waals surface area contributed by atoms with Crippen molar-refractivity contribution in [1.82, 2.24) is 10.2 Å². The zero-order valence-corrected chi connectivity index (χ0v) is 15.1. The molecule has 1 heterocycles. The number of rotatable bonds is 13. The van der Waals surface area contributed by atoms with Crippen LogP contribution in [0.5, 0.6) is 0 Å². The van der Waals surface area contributed by atoms with Crippen molar-refractivity contribution in [2.24, 2.45) is 5.73 Å². The quantitative estimate of drug-likeness (QED) is 0.426. The number of nitrogens with zero attached hydrogens (tertiary/aromatic N) is 1. The minimum Gasteiger partial charge on any atom is -0.330 e. The van der Waals surface area contributed by atoms with Crippen molar-refractivity contribution < 1.29 is 9.59 Å². The van der Waals surface area contributed by atoms with Gasteiger partial charge in [0.05, 0.1) is 11.1 Å². The first-order chi connectivity index (χ1) is 12.3. The molecule has 3 N–H and O–H groups in total. The molecule has 0 fully saturated rings. The van der Waals surface area contributed by atoms with Crippen molar-refractivity contribution in [3.63, 3.8) is 0 Å². The van der Waals surface area contributed by atoms with Crippen LogP contribution in [-0.4, -0.2) is 42.9 Å². The van der Waals surface area contributed by atoms with Crippen LogP contribution in [0.15, 0.2) is 24.3 Å². The summed E-state index contributed by atoms with van der Waals surface area (Å²) in [5, 5.41) is 3.47. The van der Waals surface area contributed by atoms with Crippen molar-refractivity contribution >= 4 is 11.8 Å². The van der Waals surface area contributed by atoms with Crippen molar-refractivity contribution in [2.45, 2.75) is 51.4 Å². The van der Waals surface area contributed by atoms with E-state index in [0.29, 0.717) is 17.7 Å². The fraction of sp³-hybridized carbons (Fsp3) is 0.600. The Bertz CT molecular complexity index is 525. The molecular weight excluding hydrogens is 314 g/mol. The number of nitrogens with one attached hydrogen (secondary N) is 1.